The molecule has 3 heterocycles. The number of aromatic nitrogens is 2. The molecule has 3 N–H and O–H groups in total. The molecule has 13 heteroatoms. The van der Waals surface area contributed by atoms with Gasteiger partial charge in [0.25, 0.3) is 5.91 Å². The van der Waals surface area contributed by atoms with Crippen LogP contribution in [0.25, 0.3) is 10.3 Å². The number of aliphatic hydroxyl groups is 1. The third kappa shape index (κ3) is 6.12. The van der Waals surface area contributed by atoms with E-state index in [2.05, 4.69) is 25.8 Å². The molecular weight excluding hydrogens is 554 g/mol. The summed E-state index contributed by atoms with van der Waals surface area (Å²) in [7, 11) is -3.36. The van der Waals surface area contributed by atoms with Crippen LogP contribution in [0.15, 0.2) is 46.4 Å². The molecule has 2 aromatic heterocycles. The number of carbonyl (C=O) groups excluding carboxylic acids is 1. The van der Waals surface area contributed by atoms with Crippen molar-refractivity contribution in [2.75, 3.05) is 18.4 Å². The van der Waals surface area contributed by atoms with E-state index in [-0.39, 0.29) is 28.1 Å². The number of fused-ring (bicyclic) bond motifs is 1. The van der Waals surface area contributed by atoms with Crippen LogP contribution in [0.2, 0.25) is 0 Å². The summed E-state index contributed by atoms with van der Waals surface area (Å²) in [5.74, 6) is -0.0295. The molecule has 1 saturated heterocycles. The Labute approximate surface area is 235 Å². The lowest BCUT2D eigenvalue weighted by atomic mass is 10.1. The minimum atomic E-state index is -3.36. The van der Waals surface area contributed by atoms with Gasteiger partial charge in [-0.25, -0.2) is 18.4 Å². The van der Waals surface area contributed by atoms with E-state index in [1.807, 2.05) is 6.07 Å². The Balaban J connectivity index is 1.21. The predicted molar refractivity (Wildman–Crippen MR) is 150 cm³/mol. The van der Waals surface area contributed by atoms with E-state index < -0.39 is 21.8 Å². The average molecular weight is 586 g/mol. The number of rotatable bonds is 9. The van der Waals surface area contributed by atoms with E-state index in [9.17, 15) is 18.3 Å². The fourth-order valence-electron chi connectivity index (χ4n) is 4.90. The molecule has 0 spiro atoms. The number of pyridine rings is 1. The molecule has 0 bridgehead atoms. The summed E-state index contributed by atoms with van der Waals surface area (Å²) < 4.78 is 31.3. The van der Waals surface area contributed by atoms with Crippen LogP contribution in [0, 0.1) is 0 Å². The van der Waals surface area contributed by atoms with Crippen LogP contribution in [-0.4, -0.2) is 71.8 Å². The fourth-order valence-corrected chi connectivity index (χ4v) is 7.38. The number of ether oxygens (including phenoxy) is 1. The molecule has 3 aliphatic rings. The highest BCUT2D eigenvalue weighted by Gasteiger charge is 2.37. The van der Waals surface area contributed by atoms with Gasteiger partial charge in [0, 0.05) is 18.1 Å². The summed E-state index contributed by atoms with van der Waals surface area (Å²) in [4.78, 5) is 29.0. The minimum Gasteiger partial charge on any atom is -0.474 e. The molecule has 6 rings (SSSR count). The van der Waals surface area contributed by atoms with Gasteiger partial charge in [0.15, 0.2) is 20.7 Å². The molecular formula is C27H31N5O6S2. The van der Waals surface area contributed by atoms with Gasteiger partial charge in [-0.3, -0.25) is 10.1 Å². The van der Waals surface area contributed by atoms with Crippen molar-refractivity contribution in [3.63, 3.8) is 0 Å². The number of thiazole rings is 1. The number of sulfone groups is 1. The number of hydrogen-bond donors (Lipinski definition) is 3. The number of hydrogen-bond acceptors (Lipinski definition) is 11. The van der Waals surface area contributed by atoms with E-state index >= 15 is 0 Å². The van der Waals surface area contributed by atoms with Gasteiger partial charge in [-0.1, -0.05) is 28.6 Å². The highest BCUT2D eigenvalue weighted by Crippen LogP contribution is 2.34. The first-order chi connectivity index (χ1) is 19.3. The summed E-state index contributed by atoms with van der Waals surface area (Å²) in [5, 5.41) is 20.1. The number of carbonyl (C=O) groups is 1. The van der Waals surface area contributed by atoms with Crippen LogP contribution in [0.3, 0.4) is 0 Å². The molecule has 3 aromatic rings. The Morgan fingerprint density at radius 2 is 1.77 bits per heavy atom. The Hall–Kier alpha value is -3.13. The number of nitrogens with zero attached hydrogens (tertiary/aromatic N) is 3. The maximum absolute atomic E-state index is 13.4. The Morgan fingerprint density at radius 3 is 2.48 bits per heavy atom. The maximum Gasteiger partial charge on any atom is 0.280 e. The number of amides is 1. The molecule has 2 atom stereocenters. The van der Waals surface area contributed by atoms with Crippen LogP contribution in [-0.2, 0) is 19.5 Å². The van der Waals surface area contributed by atoms with Gasteiger partial charge in [-0.05, 0) is 69.8 Å². The highest BCUT2D eigenvalue weighted by atomic mass is 32.2. The summed E-state index contributed by atoms with van der Waals surface area (Å²) in [6, 6.07) is 9.71. The molecule has 1 aromatic carbocycles. The molecule has 0 unspecified atom stereocenters. The summed E-state index contributed by atoms with van der Waals surface area (Å²) in [5.41, 5.74) is 1.02. The standard InChI is InChI=1S/C27H31N5O6S2/c33-17-3-4-19(15-17)38-32-24(16-1-5-20(6-2-16)40(35,36)21-7-8-21)25(34)31-27-29-22-9-10-23(30-26(22)39-27)37-18-11-13-28-14-12-18/h1-2,5-6,9-10,17-19,21,28,33H,3-4,7-8,11-15H2,(H,29,31,34)/b32-24+/t17-,19-/m1/s1. The number of oxime groups is 1. The molecule has 11 nitrogen and oxygen atoms in total. The van der Waals surface area contributed by atoms with Gasteiger partial charge in [0.2, 0.25) is 5.88 Å². The van der Waals surface area contributed by atoms with Gasteiger partial charge in [0.1, 0.15) is 22.6 Å². The maximum atomic E-state index is 13.4. The lowest BCUT2D eigenvalue weighted by molar-refractivity contribution is -0.110. The molecule has 2 saturated carbocycles. The van der Waals surface area contributed by atoms with Crippen molar-refractivity contribution in [2.24, 2.45) is 5.16 Å². The number of piperidine rings is 1. The average Bonchev–Trinajstić information content (AvgIpc) is 3.63. The van der Waals surface area contributed by atoms with E-state index in [0.29, 0.717) is 59.0 Å². The molecule has 0 radical (unpaired) electrons. The van der Waals surface area contributed by atoms with Crippen LogP contribution >= 0.6 is 11.3 Å². The smallest absolute Gasteiger partial charge is 0.280 e. The van der Waals surface area contributed by atoms with Gasteiger partial charge in [0.05, 0.1) is 16.2 Å². The van der Waals surface area contributed by atoms with E-state index in [1.54, 1.807) is 18.2 Å². The monoisotopic (exact) mass is 585 g/mol. The topological polar surface area (TPSA) is 152 Å². The Morgan fingerprint density at radius 1 is 1.00 bits per heavy atom. The summed E-state index contributed by atoms with van der Waals surface area (Å²) in [6.45, 7) is 1.83. The lowest BCUT2D eigenvalue weighted by Crippen LogP contribution is -2.34. The van der Waals surface area contributed by atoms with E-state index in [1.165, 1.54) is 23.5 Å². The minimum absolute atomic E-state index is 0.0149. The first kappa shape index (κ1) is 27.1. The normalized spacial score (nSPS) is 22.4. The van der Waals surface area contributed by atoms with Crippen molar-refractivity contribution in [3.05, 3.63) is 42.0 Å². The first-order valence-corrected chi connectivity index (χ1v) is 15.9. The lowest BCUT2D eigenvalue weighted by Gasteiger charge is -2.23. The zero-order chi connectivity index (χ0) is 27.7. The zero-order valence-electron chi connectivity index (χ0n) is 21.8. The third-order valence-electron chi connectivity index (χ3n) is 7.31. The number of nitrogens with one attached hydrogen (secondary N) is 2. The number of anilines is 1. The van der Waals surface area contributed by atoms with Crippen LogP contribution < -0.4 is 15.4 Å². The molecule has 1 amide bonds. The summed E-state index contributed by atoms with van der Waals surface area (Å²) in [6.07, 6.45) is 4.20. The van der Waals surface area contributed by atoms with Gasteiger partial charge in [-0.2, -0.15) is 0 Å². The quantitative estimate of drug-likeness (QED) is 0.254. The van der Waals surface area contributed by atoms with E-state index in [4.69, 9.17) is 9.57 Å². The molecule has 212 valence electrons. The van der Waals surface area contributed by atoms with Gasteiger partial charge < -0.3 is 20.0 Å². The van der Waals surface area contributed by atoms with Crippen molar-refractivity contribution in [1.29, 1.82) is 0 Å². The molecule has 2 aliphatic carbocycles. The largest absolute Gasteiger partial charge is 0.474 e. The molecule has 1 aliphatic heterocycles. The first-order valence-electron chi connectivity index (χ1n) is 13.6. The SMILES string of the molecule is O=C(Nc1nc2ccc(OC3CCNCC3)nc2s1)/C(=N/O[C@@H]1CC[C@@H](O)C1)c1ccc(S(=O)(=O)C2CC2)cc1. The van der Waals surface area contributed by atoms with Crippen molar-refractivity contribution in [1.82, 2.24) is 15.3 Å². The van der Waals surface area contributed by atoms with Crippen LogP contribution in [0.4, 0.5) is 5.13 Å². The Kier molecular flexibility index (Phi) is 7.71. The van der Waals surface area contributed by atoms with Crippen molar-refractivity contribution in [2.45, 2.75) is 73.4 Å². The molecule has 3 fully saturated rings. The fraction of sp³-hybridized carbons (Fsp3) is 0.481. The second-order valence-corrected chi connectivity index (χ2v) is 13.6. The second-order valence-electron chi connectivity index (χ2n) is 10.4. The predicted octanol–water partition coefficient (Wildman–Crippen LogP) is 3.03. The second kappa shape index (κ2) is 11.4. The zero-order valence-corrected chi connectivity index (χ0v) is 23.4. The Bertz CT molecular complexity index is 1510. The van der Waals surface area contributed by atoms with Crippen molar-refractivity contribution >= 4 is 48.3 Å². The van der Waals surface area contributed by atoms with Crippen LogP contribution in [0.1, 0.15) is 50.5 Å². The van der Waals surface area contributed by atoms with Crippen molar-refractivity contribution in [3.8, 4) is 5.88 Å². The van der Waals surface area contributed by atoms with E-state index in [0.717, 1.165) is 25.9 Å². The van der Waals surface area contributed by atoms with Crippen molar-refractivity contribution < 1.29 is 27.9 Å². The molecule has 40 heavy (non-hydrogen) atoms. The number of benzene rings is 1. The van der Waals surface area contributed by atoms with Gasteiger partial charge >= 0.3 is 0 Å². The van der Waals surface area contributed by atoms with Crippen LogP contribution in [0.5, 0.6) is 5.88 Å². The number of aliphatic hydroxyl groups excluding tert-OH is 1. The third-order valence-corrected chi connectivity index (χ3v) is 10.5. The highest BCUT2D eigenvalue weighted by molar-refractivity contribution is 7.92. The summed E-state index contributed by atoms with van der Waals surface area (Å²) >= 11 is 1.22. The van der Waals surface area contributed by atoms with Gasteiger partial charge in [-0.15, -0.1) is 0 Å².